The van der Waals surface area contributed by atoms with Crippen molar-refractivity contribution in [2.24, 2.45) is 24.3 Å². The predicted octanol–water partition coefficient (Wildman–Crippen LogP) is 9.02. The summed E-state index contributed by atoms with van der Waals surface area (Å²) in [4.78, 5) is 32.5. The first-order chi connectivity index (χ1) is 19.3. The summed E-state index contributed by atoms with van der Waals surface area (Å²) in [5.41, 5.74) is 3.34. The molecular formula is C35H56N2O4Si. The van der Waals surface area contributed by atoms with Crippen molar-refractivity contribution in [3.05, 3.63) is 41.2 Å². The maximum Gasteiger partial charge on any atom is 0.309 e. The Morgan fingerprint density at radius 1 is 1.12 bits per heavy atom. The lowest BCUT2D eigenvalue weighted by atomic mass is 9.74. The molecule has 0 unspecified atom stereocenters. The van der Waals surface area contributed by atoms with Gasteiger partial charge in [0.1, 0.15) is 17.7 Å². The maximum absolute atomic E-state index is 14.0. The summed E-state index contributed by atoms with van der Waals surface area (Å²) in [6.45, 7) is 23.3. The average Bonchev–Trinajstić information content (AvgIpc) is 3.16. The van der Waals surface area contributed by atoms with E-state index in [1.807, 2.05) is 46.9 Å². The maximum atomic E-state index is 14.0. The van der Waals surface area contributed by atoms with Gasteiger partial charge in [0.25, 0.3) is 0 Å². The fourth-order valence-electron chi connectivity index (χ4n) is 5.89. The number of allylic oxidation sites excluding steroid dienone is 1. The SMILES string of the molecule is C/C1=C/C[C@@H](c2ccc3c(c2)nc(C)n3C)OC(=O)C[C@H](O[Si](C)(C)C(C)(C)C)C(C)(C)C(=O)[C@H](C)C[C@@H](C)CCC1. The Bertz CT molecular complexity index is 1300. The minimum Gasteiger partial charge on any atom is -0.457 e. The monoisotopic (exact) mass is 596 g/mol. The van der Waals surface area contributed by atoms with E-state index in [1.165, 1.54) is 5.57 Å². The van der Waals surface area contributed by atoms with E-state index < -0.39 is 25.9 Å². The molecule has 2 heterocycles. The summed E-state index contributed by atoms with van der Waals surface area (Å²) in [6.07, 6.45) is 5.85. The number of nitrogens with zero attached hydrogens (tertiary/aromatic N) is 2. The Morgan fingerprint density at radius 2 is 1.79 bits per heavy atom. The first-order valence-electron chi connectivity index (χ1n) is 15.8. The van der Waals surface area contributed by atoms with E-state index in [-0.39, 0.29) is 29.1 Å². The Morgan fingerprint density at radius 3 is 2.43 bits per heavy atom. The second-order valence-electron chi connectivity index (χ2n) is 15.0. The predicted molar refractivity (Wildman–Crippen MR) is 175 cm³/mol. The highest BCUT2D eigenvalue weighted by atomic mass is 28.4. The molecule has 0 spiro atoms. The fourth-order valence-corrected chi connectivity index (χ4v) is 7.33. The Balaban J connectivity index is 2.03. The highest BCUT2D eigenvalue weighted by molar-refractivity contribution is 6.74. The third-order valence-corrected chi connectivity index (χ3v) is 14.4. The lowest BCUT2D eigenvalue weighted by Gasteiger charge is -2.44. The topological polar surface area (TPSA) is 70.4 Å². The van der Waals surface area contributed by atoms with E-state index in [1.54, 1.807) is 0 Å². The van der Waals surface area contributed by atoms with Crippen LogP contribution in [-0.4, -0.2) is 35.7 Å². The number of esters is 1. The molecule has 0 fully saturated rings. The third kappa shape index (κ3) is 8.01. The van der Waals surface area contributed by atoms with Crippen molar-refractivity contribution in [1.82, 2.24) is 9.55 Å². The average molecular weight is 597 g/mol. The number of benzene rings is 1. The minimum atomic E-state index is -2.30. The first-order valence-corrected chi connectivity index (χ1v) is 18.7. The molecule has 0 saturated carbocycles. The van der Waals surface area contributed by atoms with Gasteiger partial charge in [0.2, 0.25) is 0 Å². The van der Waals surface area contributed by atoms with E-state index >= 15 is 0 Å². The van der Waals surface area contributed by atoms with Gasteiger partial charge in [0.05, 0.1) is 23.6 Å². The molecule has 42 heavy (non-hydrogen) atoms. The Hall–Kier alpha value is -2.25. The highest BCUT2D eigenvalue weighted by Crippen LogP contribution is 2.42. The van der Waals surface area contributed by atoms with Gasteiger partial charge in [-0.25, -0.2) is 4.98 Å². The molecular weight excluding hydrogens is 540 g/mol. The molecule has 234 valence electrons. The number of aryl methyl sites for hydroxylation is 2. The highest BCUT2D eigenvalue weighted by Gasteiger charge is 2.47. The molecule has 1 aliphatic rings. The molecule has 0 bridgehead atoms. The molecule has 6 nitrogen and oxygen atoms in total. The third-order valence-electron chi connectivity index (χ3n) is 9.96. The lowest BCUT2D eigenvalue weighted by Crippen LogP contribution is -2.51. The summed E-state index contributed by atoms with van der Waals surface area (Å²) in [7, 11) is -0.293. The molecule has 0 radical (unpaired) electrons. The van der Waals surface area contributed by atoms with Gasteiger partial charge in [-0.15, -0.1) is 0 Å². The number of hydrogen-bond donors (Lipinski definition) is 0. The standard InChI is InChI=1S/C35H56N2O4Si/c1-23-14-13-15-24(2)20-25(3)33(39)35(8,9)31(41-42(11,12)34(5,6)7)22-32(38)40-30(19-16-23)27-17-18-29-28(21-27)36-26(4)37(29)10/h16-18,21,24-25,30-31H,13-15,19-20,22H2,1-12H3/b23-16-/t24-,25+,30-,31-/m0/s1. The number of imidazole rings is 1. The van der Waals surface area contributed by atoms with E-state index in [0.717, 1.165) is 48.1 Å². The number of rotatable bonds is 3. The first kappa shape index (κ1) is 34.2. The number of cyclic esters (lactones) is 1. The van der Waals surface area contributed by atoms with Crippen molar-refractivity contribution >= 4 is 31.1 Å². The summed E-state index contributed by atoms with van der Waals surface area (Å²) in [5.74, 6) is 1.12. The van der Waals surface area contributed by atoms with Crippen LogP contribution in [-0.2, 0) is 25.8 Å². The van der Waals surface area contributed by atoms with Gasteiger partial charge in [-0.3, -0.25) is 9.59 Å². The Kier molecular flexibility index (Phi) is 10.7. The van der Waals surface area contributed by atoms with Crippen LogP contribution >= 0.6 is 0 Å². The van der Waals surface area contributed by atoms with Crippen LogP contribution in [0.1, 0.15) is 111 Å². The smallest absolute Gasteiger partial charge is 0.309 e. The molecule has 2 aromatic rings. The van der Waals surface area contributed by atoms with Crippen molar-refractivity contribution in [2.75, 3.05) is 0 Å². The largest absolute Gasteiger partial charge is 0.457 e. The molecule has 1 aliphatic heterocycles. The summed E-state index contributed by atoms with van der Waals surface area (Å²) in [5, 5.41) is -0.0630. The summed E-state index contributed by atoms with van der Waals surface area (Å²) < 4.78 is 15.3. The molecule has 0 saturated heterocycles. The lowest BCUT2D eigenvalue weighted by molar-refractivity contribution is -0.154. The quantitative estimate of drug-likeness (QED) is 0.201. The second kappa shape index (κ2) is 13.2. The molecule has 7 heteroatoms. The molecule has 0 amide bonds. The van der Waals surface area contributed by atoms with E-state index in [0.29, 0.717) is 12.3 Å². The normalized spacial score (nSPS) is 27.0. The van der Waals surface area contributed by atoms with Crippen molar-refractivity contribution < 1.29 is 18.8 Å². The van der Waals surface area contributed by atoms with Crippen LogP contribution < -0.4 is 0 Å². The van der Waals surface area contributed by atoms with Crippen LogP contribution in [0.2, 0.25) is 18.1 Å². The van der Waals surface area contributed by atoms with Gasteiger partial charge in [0, 0.05) is 24.8 Å². The van der Waals surface area contributed by atoms with Crippen molar-refractivity contribution in [1.29, 1.82) is 0 Å². The molecule has 1 aromatic carbocycles. The molecule has 1 aromatic heterocycles. The number of fused-ring (bicyclic) bond motifs is 1. The van der Waals surface area contributed by atoms with Crippen LogP contribution in [0.3, 0.4) is 0 Å². The van der Waals surface area contributed by atoms with E-state index in [4.69, 9.17) is 14.1 Å². The van der Waals surface area contributed by atoms with Crippen LogP contribution in [0.5, 0.6) is 0 Å². The van der Waals surface area contributed by atoms with Crippen LogP contribution in [0.15, 0.2) is 29.8 Å². The van der Waals surface area contributed by atoms with Crippen molar-refractivity contribution in [3.63, 3.8) is 0 Å². The molecule has 0 N–H and O–H groups in total. The van der Waals surface area contributed by atoms with E-state index in [9.17, 15) is 9.59 Å². The van der Waals surface area contributed by atoms with Gasteiger partial charge in [-0.1, -0.05) is 72.6 Å². The minimum absolute atomic E-state index is 0.0393. The van der Waals surface area contributed by atoms with Gasteiger partial charge >= 0.3 is 5.97 Å². The molecule has 0 aliphatic carbocycles. The number of ether oxygens (including phenoxy) is 1. The zero-order chi connectivity index (χ0) is 31.6. The summed E-state index contributed by atoms with van der Waals surface area (Å²) >= 11 is 0. The number of hydrogen-bond acceptors (Lipinski definition) is 5. The van der Waals surface area contributed by atoms with Gasteiger partial charge in [-0.05, 0) is 74.9 Å². The molecule has 3 rings (SSSR count). The summed E-state index contributed by atoms with van der Waals surface area (Å²) in [6, 6.07) is 6.15. The Labute approximate surface area is 255 Å². The zero-order valence-electron chi connectivity index (χ0n) is 28.4. The van der Waals surface area contributed by atoms with Gasteiger partial charge in [-0.2, -0.15) is 0 Å². The number of aromatic nitrogens is 2. The van der Waals surface area contributed by atoms with Gasteiger partial charge in [0.15, 0.2) is 8.32 Å². The number of Topliss-reactive ketones (excluding diaryl/α,β-unsaturated/α-hetero) is 1. The van der Waals surface area contributed by atoms with Crippen LogP contribution in [0.25, 0.3) is 11.0 Å². The zero-order valence-corrected chi connectivity index (χ0v) is 29.4. The van der Waals surface area contributed by atoms with Gasteiger partial charge < -0.3 is 13.7 Å². The van der Waals surface area contributed by atoms with E-state index in [2.05, 4.69) is 64.4 Å². The van der Waals surface area contributed by atoms with Crippen molar-refractivity contribution in [3.8, 4) is 0 Å². The molecule has 4 atom stereocenters. The fraction of sp³-hybridized carbons (Fsp3) is 0.686. The number of carbonyl (C=O) groups is 2. The van der Waals surface area contributed by atoms with Crippen LogP contribution in [0, 0.1) is 24.2 Å². The van der Waals surface area contributed by atoms with Crippen LogP contribution in [0.4, 0.5) is 0 Å². The number of ketones is 1. The number of carbonyl (C=O) groups excluding carboxylic acids is 2. The second-order valence-corrected chi connectivity index (χ2v) is 19.8. The van der Waals surface area contributed by atoms with Crippen molar-refractivity contribution in [2.45, 2.75) is 131 Å².